The van der Waals surface area contributed by atoms with Crippen LogP contribution >= 0.6 is 0 Å². The molecule has 6 heteroatoms. The lowest BCUT2D eigenvalue weighted by molar-refractivity contribution is -0.119. The zero-order chi connectivity index (χ0) is 14.7. The van der Waals surface area contributed by atoms with E-state index in [1.54, 1.807) is 24.5 Å². The second kappa shape index (κ2) is 5.56. The van der Waals surface area contributed by atoms with Crippen molar-refractivity contribution < 1.29 is 9.59 Å². The van der Waals surface area contributed by atoms with E-state index in [0.29, 0.717) is 11.3 Å². The van der Waals surface area contributed by atoms with Crippen molar-refractivity contribution in [3.63, 3.8) is 0 Å². The van der Waals surface area contributed by atoms with Crippen LogP contribution in [-0.4, -0.2) is 21.8 Å². The molecular formula is C14H16N4O2. The van der Waals surface area contributed by atoms with E-state index in [0.717, 1.165) is 10.9 Å². The summed E-state index contributed by atoms with van der Waals surface area (Å²) in [6, 6.07) is 1.81. The van der Waals surface area contributed by atoms with Crippen molar-refractivity contribution in [2.45, 2.75) is 13.8 Å². The number of pyridine rings is 1. The number of nitrogens with one attached hydrogen (secondary N) is 2. The van der Waals surface area contributed by atoms with Crippen LogP contribution < -0.4 is 11.1 Å². The molecule has 6 nitrogen and oxygen atoms in total. The van der Waals surface area contributed by atoms with Gasteiger partial charge >= 0.3 is 0 Å². The molecule has 104 valence electrons. The number of H-pyrrole nitrogens is 1. The minimum atomic E-state index is -0.517. The van der Waals surface area contributed by atoms with Crippen LogP contribution in [-0.2, 0) is 9.59 Å². The van der Waals surface area contributed by atoms with Gasteiger partial charge in [0.15, 0.2) is 0 Å². The Kier molecular flexibility index (Phi) is 3.84. The first kappa shape index (κ1) is 13.8. The fourth-order valence-corrected chi connectivity index (χ4v) is 1.69. The number of carbonyl (C=O) groups excluding carboxylic acids is 2. The molecule has 2 amide bonds. The smallest absolute Gasteiger partial charge is 0.241 e. The Labute approximate surface area is 116 Å². The minimum absolute atomic E-state index is 0.0732. The number of anilines is 1. The zero-order valence-corrected chi connectivity index (χ0v) is 11.3. The van der Waals surface area contributed by atoms with Gasteiger partial charge in [0.1, 0.15) is 5.65 Å². The number of rotatable bonds is 4. The molecule has 0 aliphatic heterocycles. The predicted molar refractivity (Wildman–Crippen MR) is 77.8 cm³/mol. The van der Waals surface area contributed by atoms with Crippen molar-refractivity contribution in [3.8, 4) is 0 Å². The van der Waals surface area contributed by atoms with Crippen LogP contribution in [0.15, 0.2) is 24.5 Å². The Morgan fingerprint density at radius 3 is 2.85 bits per heavy atom. The number of aromatic nitrogens is 2. The monoisotopic (exact) mass is 272 g/mol. The van der Waals surface area contributed by atoms with E-state index in [4.69, 9.17) is 5.73 Å². The molecule has 0 aromatic carbocycles. The van der Waals surface area contributed by atoms with E-state index in [9.17, 15) is 9.59 Å². The van der Waals surface area contributed by atoms with Crippen molar-refractivity contribution in [1.29, 1.82) is 0 Å². The lowest BCUT2D eigenvalue weighted by Crippen LogP contribution is -2.17. The van der Waals surface area contributed by atoms with E-state index < -0.39 is 5.91 Å². The normalized spacial score (nSPS) is 11.3. The largest absolute Gasteiger partial charge is 0.366 e. The lowest BCUT2D eigenvalue weighted by atomic mass is 10.2. The molecule has 0 aliphatic carbocycles. The second-order valence-corrected chi connectivity index (χ2v) is 4.74. The Morgan fingerprint density at radius 1 is 1.45 bits per heavy atom. The van der Waals surface area contributed by atoms with E-state index in [1.807, 2.05) is 13.8 Å². The first-order chi connectivity index (χ1) is 9.47. The standard InChI is InChI=1S/C14H16N4O2/c1-8(2)14(20)18-10-5-11-9(3-4-12(15)19)6-16-13(11)17-7-10/h3-8H,1-2H3,(H2,15,19)(H,16,17)(H,18,20). The number of nitrogens with two attached hydrogens (primary N) is 1. The summed E-state index contributed by atoms with van der Waals surface area (Å²) >= 11 is 0. The van der Waals surface area contributed by atoms with Crippen LogP contribution in [0.2, 0.25) is 0 Å². The number of aromatic amines is 1. The summed E-state index contributed by atoms with van der Waals surface area (Å²) in [6.45, 7) is 3.64. The third-order valence-corrected chi connectivity index (χ3v) is 2.78. The topological polar surface area (TPSA) is 101 Å². The van der Waals surface area contributed by atoms with E-state index in [2.05, 4.69) is 15.3 Å². The van der Waals surface area contributed by atoms with Gasteiger partial charge in [-0.1, -0.05) is 13.8 Å². The molecule has 2 heterocycles. The number of amides is 2. The molecular weight excluding hydrogens is 256 g/mol. The Hall–Kier alpha value is -2.63. The molecule has 0 radical (unpaired) electrons. The van der Waals surface area contributed by atoms with Gasteiger partial charge in [-0.2, -0.15) is 0 Å². The molecule has 0 atom stereocenters. The van der Waals surface area contributed by atoms with Gasteiger partial charge in [0, 0.05) is 29.1 Å². The molecule has 0 unspecified atom stereocenters. The number of fused-ring (bicyclic) bond motifs is 1. The maximum absolute atomic E-state index is 11.7. The van der Waals surface area contributed by atoms with E-state index >= 15 is 0 Å². The summed E-state index contributed by atoms with van der Waals surface area (Å²) in [4.78, 5) is 29.6. The number of carbonyl (C=O) groups is 2. The van der Waals surface area contributed by atoms with E-state index in [-0.39, 0.29) is 11.8 Å². The maximum atomic E-state index is 11.7. The first-order valence-electron chi connectivity index (χ1n) is 6.23. The lowest BCUT2D eigenvalue weighted by Gasteiger charge is -2.07. The summed E-state index contributed by atoms with van der Waals surface area (Å²) in [7, 11) is 0. The van der Waals surface area contributed by atoms with Crippen molar-refractivity contribution in [3.05, 3.63) is 30.1 Å². The van der Waals surface area contributed by atoms with Crippen LogP contribution in [0, 0.1) is 5.92 Å². The van der Waals surface area contributed by atoms with Gasteiger partial charge in [-0.25, -0.2) is 4.98 Å². The zero-order valence-electron chi connectivity index (χ0n) is 11.3. The Bertz CT molecular complexity index is 686. The number of hydrogen-bond acceptors (Lipinski definition) is 3. The summed E-state index contributed by atoms with van der Waals surface area (Å²) in [6.07, 6.45) is 6.20. The molecule has 0 aliphatic rings. The fraction of sp³-hybridized carbons (Fsp3) is 0.214. The van der Waals surface area contributed by atoms with Gasteiger partial charge in [0.2, 0.25) is 11.8 Å². The average molecular weight is 272 g/mol. The summed E-state index contributed by atoms with van der Waals surface area (Å²) in [5.74, 6) is -0.696. The molecule has 2 aromatic heterocycles. The van der Waals surface area contributed by atoms with Crippen molar-refractivity contribution in [1.82, 2.24) is 9.97 Å². The highest BCUT2D eigenvalue weighted by Crippen LogP contribution is 2.21. The summed E-state index contributed by atoms with van der Waals surface area (Å²) in [5.41, 5.74) is 7.15. The predicted octanol–water partition coefficient (Wildman–Crippen LogP) is 1.66. The number of hydrogen-bond donors (Lipinski definition) is 3. The second-order valence-electron chi connectivity index (χ2n) is 4.74. The van der Waals surface area contributed by atoms with Crippen LogP contribution in [0.5, 0.6) is 0 Å². The number of primary amides is 1. The van der Waals surface area contributed by atoms with Crippen LogP contribution in [0.4, 0.5) is 5.69 Å². The molecule has 0 saturated heterocycles. The molecule has 0 saturated carbocycles. The fourth-order valence-electron chi connectivity index (χ4n) is 1.69. The van der Waals surface area contributed by atoms with Crippen LogP contribution in [0.25, 0.3) is 17.1 Å². The van der Waals surface area contributed by atoms with Crippen molar-refractivity contribution in [2.24, 2.45) is 11.7 Å². The van der Waals surface area contributed by atoms with Gasteiger partial charge in [-0.15, -0.1) is 0 Å². The van der Waals surface area contributed by atoms with Crippen molar-refractivity contribution >= 4 is 34.6 Å². The molecule has 2 rings (SSSR count). The highest BCUT2D eigenvalue weighted by Gasteiger charge is 2.09. The Morgan fingerprint density at radius 2 is 2.20 bits per heavy atom. The first-order valence-corrected chi connectivity index (χ1v) is 6.23. The third-order valence-electron chi connectivity index (χ3n) is 2.78. The molecule has 2 aromatic rings. The Balaban J connectivity index is 2.34. The molecule has 20 heavy (non-hydrogen) atoms. The van der Waals surface area contributed by atoms with Gasteiger partial charge in [-0.3, -0.25) is 9.59 Å². The molecule has 0 bridgehead atoms. The molecule has 4 N–H and O–H groups in total. The number of nitrogens with zero attached hydrogens (tertiary/aromatic N) is 1. The molecule has 0 spiro atoms. The molecule has 0 fully saturated rings. The summed E-state index contributed by atoms with van der Waals surface area (Å²) < 4.78 is 0. The summed E-state index contributed by atoms with van der Waals surface area (Å²) in [5, 5.41) is 3.59. The average Bonchev–Trinajstić information content (AvgIpc) is 2.78. The van der Waals surface area contributed by atoms with Crippen LogP contribution in [0.1, 0.15) is 19.4 Å². The van der Waals surface area contributed by atoms with Crippen LogP contribution in [0.3, 0.4) is 0 Å². The maximum Gasteiger partial charge on any atom is 0.241 e. The van der Waals surface area contributed by atoms with E-state index in [1.165, 1.54) is 6.08 Å². The van der Waals surface area contributed by atoms with Gasteiger partial charge in [0.25, 0.3) is 0 Å². The highest BCUT2D eigenvalue weighted by atomic mass is 16.2. The SMILES string of the molecule is CC(C)C(=O)Nc1cnc2[nH]cc(C=CC(N)=O)c2c1. The van der Waals surface area contributed by atoms with Gasteiger partial charge in [0.05, 0.1) is 11.9 Å². The van der Waals surface area contributed by atoms with Crippen molar-refractivity contribution in [2.75, 3.05) is 5.32 Å². The van der Waals surface area contributed by atoms with Gasteiger partial charge < -0.3 is 16.0 Å². The van der Waals surface area contributed by atoms with Gasteiger partial charge in [-0.05, 0) is 12.1 Å². The quantitative estimate of drug-likeness (QED) is 0.738. The minimum Gasteiger partial charge on any atom is -0.366 e. The third kappa shape index (κ3) is 3.03. The highest BCUT2D eigenvalue weighted by molar-refractivity contribution is 5.97.